The monoisotopic (exact) mass is 322 g/mol. The first kappa shape index (κ1) is 15.9. The molecule has 3 heterocycles. The van der Waals surface area contributed by atoms with Gasteiger partial charge in [0.05, 0.1) is 6.10 Å². The van der Waals surface area contributed by atoms with E-state index in [1.54, 1.807) is 0 Å². The van der Waals surface area contributed by atoms with Crippen LogP contribution in [-0.2, 0) is 14.3 Å². The van der Waals surface area contributed by atoms with Crippen LogP contribution in [0.25, 0.3) is 0 Å². The largest absolute Gasteiger partial charge is 0.381 e. The third kappa shape index (κ3) is 4.06. The fraction of sp³-hybridized carbons (Fsp3) is 0.944. The van der Waals surface area contributed by atoms with Crippen LogP contribution >= 0.6 is 0 Å². The van der Waals surface area contributed by atoms with Crippen molar-refractivity contribution in [1.29, 1.82) is 0 Å². The van der Waals surface area contributed by atoms with Crippen molar-refractivity contribution in [1.82, 2.24) is 10.2 Å². The van der Waals surface area contributed by atoms with Gasteiger partial charge in [0.1, 0.15) is 6.10 Å². The van der Waals surface area contributed by atoms with Crippen molar-refractivity contribution in [2.45, 2.75) is 50.7 Å². The summed E-state index contributed by atoms with van der Waals surface area (Å²) in [4.78, 5) is 15.0. The number of hydrogen-bond donors (Lipinski definition) is 1. The Morgan fingerprint density at radius 2 is 1.91 bits per heavy atom. The number of rotatable bonds is 5. The molecule has 1 saturated carbocycles. The van der Waals surface area contributed by atoms with E-state index in [-0.39, 0.29) is 18.1 Å². The van der Waals surface area contributed by atoms with E-state index < -0.39 is 0 Å². The normalized spacial score (nSPS) is 35.9. The predicted molar refractivity (Wildman–Crippen MR) is 87.1 cm³/mol. The number of nitrogens with zero attached hydrogens (tertiary/aromatic N) is 1. The molecule has 3 saturated heterocycles. The minimum Gasteiger partial charge on any atom is -0.381 e. The maximum atomic E-state index is 12.4. The Hall–Kier alpha value is -0.650. The highest BCUT2D eigenvalue weighted by atomic mass is 16.5. The lowest BCUT2D eigenvalue weighted by Gasteiger charge is -2.34. The summed E-state index contributed by atoms with van der Waals surface area (Å²) in [5.41, 5.74) is 0. The first-order valence-electron chi connectivity index (χ1n) is 9.51. The Labute approximate surface area is 139 Å². The van der Waals surface area contributed by atoms with Crippen molar-refractivity contribution >= 4 is 5.91 Å². The van der Waals surface area contributed by atoms with Gasteiger partial charge >= 0.3 is 0 Å². The fourth-order valence-electron chi connectivity index (χ4n) is 4.30. The molecule has 3 atom stereocenters. The number of carbonyl (C=O) groups excluding carboxylic acids is 1. The molecule has 5 heteroatoms. The zero-order chi connectivity index (χ0) is 15.6. The molecule has 0 aromatic rings. The summed E-state index contributed by atoms with van der Waals surface area (Å²) in [6.07, 6.45) is 7.11. The first-order chi connectivity index (χ1) is 11.3. The summed E-state index contributed by atoms with van der Waals surface area (Å²) in [5.74, 6) is 2.21. The minimum absolute atomic E-state index is 0.111. The third-order valence-electron chi connectivity index (χ3n) is 6.05. The standard InChI is InChI=1S/C18H30N2O3/c21-18(19-10-13-4-7-22-8-5-13)16-9-15-3-6-20(11-14-1-2-14)12-17(15)23-16/h13-17H,1-12H2,(H,19,21)/t15-,16+,17+/m1/s1. The van der Waals surface area contributed by atoms with Crippen LogP contribution < -0.4 is 5.32 Å². The van der Waals surface area contributed by atoms with Gasteiger partial charge in [-0.25, -0.2) is 0 Å². The number of ether oxygens (including phenoxy) is 2. The molecule has 130 valence electrons. The summed E-state index contributed by atoms with van der Waals surface area (Å²) in [5, 5.41) is 3.12. The van der Waals surface area contributed by atoms with E-state index in [4.69, 9.17) is 9.47 Å². The number of fused-ring (bicyclic) bond motifs is 1. The van der Waals surface area contributed by atoms with Gasteiger partial charge in [-0.15, -0.1) is 0 Å². The van der Waals surface area contributed by atoms with E-state index in [9.17, 15) is 4.79 Å². The number of likely N-dealkylation sites (tertiary alicyclic amines) is 1. The Morgan fingerprint density at radius 1 is 1.09 bits per heavy atom. The third-order valence-corrected chi connectivity index (χ3v) is 6.05. The van der Waals surface area contributed by atoms with Gasteiger partial charge in [0.25, 0.3) is 0 Å². The molecule has 5 nitrogen and oxygen atoms in total. The number of amides is 1. The van der Waals surface area contributed by atoms with Crippen LogP contribution in [0, 0.1) is 17.8 Å². The number of carbonyl (C=O) groups is 1. The van der Waals surface area contributed by atoms with Gasteiger partial charge in [-0.05, 0) is 62.8 Å². The van der Waals surface area contributed by atoms with Crippen molar-refractivity contribution in [2.24, 2.45) is 17.8 Å². The maximum Gasteiger partial charge on any atom is 0.249 e. The lowest BCUT2D eigenvalue weighted by molar-refractivity contribution is -0.133. The van der Waals surface area contributed by atoms with E-state index in [1.807, 2.05) is 0 Å². The highest BCUT2D eigenvalue weighted by Crippen LogP contribution is 2.36. The molecule has 0 aromatic carbocycles. The van der Waals surface area contributed by atoms with Gasteiger partial charge in [-0.2, -0.15) is 0 Å². The summed E-state index contributed by atoms with van der Waals surface area (Å²) < 4.78 is 11.5. The van der Waals surface area contributed by atoms with Crippen molar-refractivity contribution in [3.63, 3.8) is 0 Å². The highest BCUT2D eigenvalue weighted by molar-refractivity contribution is 5.81. The van der Waals surface area contributed by atoms with Gasteiger partial charge in [0, 0.05) is 32.8 Å². The Morgan fingerprint density at radius 3 is 2.70 bits per heavy atom. The van der Waals surface area contributed by atoms with E-state index in [2.05, 4.69) is 10.2 Å². The Kier molecular flexibility index (Phi) is 4.88. The summed E-state index contributed by atoms with van der Waals surface area (Å²) in [6.45, 7) is 5.92. The second-order valence-electron chi connectivity index (χ2n) is 7.95. The molecule has 1 N–H and O–H groups in total. The first-order valence-corrected chi connectivity index (χ1v) is 9.51. The summed E-state index contributed by atoms with van der Waals surface area (Å²) in [7, 11) is 0. The van der Waals surface area contributed by atoms with Gasteiger partial charge in [0.15, 0.2) is 0 Å². The molecule has 0 spiro atoms. The molecule has 0 aromatic heterocycles. The fourth-order valence-corrected chi connectivity index (χ4v) is 4.30. The molecular formula is C18H30N2O3. The summed E-state index contributed by atoms with van der Waals surface area (Å²) in [6, 6.07) is 0. The van der Waals surface area contributed by atoms with E-state index in [1.165, 1.54) is 32.4 Å². The van der Waals surface area contributed by atoms with Crippen molar-refractivity contribution in [3.8, 4) is 0 Å². The zero-order valence-corrected chi connectivity index (χ0v) is 14.0. The molecule has 4 fully saturated rings. The molecular weight excluding hydrogens is 292 g/mol. The Balaban J connectivity index is 1.22. The van der Waals surface area contributed by atoms with Gasteiger partial charge < -0.3 is 19.7 Å². The lowest BCUT2D eigenvalue weighted by atomic mass is 9.91. The second-order valence-corrected chi connectivity index (χ2v) is 7.95. The second kappa shape index (κ2) is 7.08. The topological polar surface area (TPSA) is 50.8 Å². The van der Waals surface area contributed by atoms with E-state index >= 15 is 0 Å². The van der Waals surface area contributed by atoms with Crippen LogP contribution in [0.5, 0.6) is 0 Å². The molecule has 1 aliphatic carbocycles. The van der Waals surface area contributed by atoms with Gasteiger partial charge in [-0.1, -0.05) is 0 Å². The van der Waals surface area contributed by atoms with E-state index in [0.29, 0.717) is 11.8 Å². The molecule has 1 amide bonds. The zero-order valence-electron chi connectivity index (χ0n) is 14.0. The summed E-state index contributed by atoms with van der Waals surface area (Å²) >= 11 is 0. The van der Waals surface area contributed by atoms with Gasteiger partial charge in [-0.3, -0.25) is 4.79 Å². The van der Waals surface area contributed by atoms with Crippen LogP contribution in [0.3, 0.4) is 0 Å². The van der Waals surface area contributed by atoms with Crippen molar-refractivity contribution < 1.29 is 14.3 Å². The lowest BCUT2D eigenvalue weighted by Crippen LogP contribution is -2.43. The average molecular weight is 322 g/mol. The van der Waals surface area contributed by atoms with Crippen LogP contribution in [0.4, 0.5) is 0 Å². The molecule has 0 radical (unpaired) electrons. The quantitative estimate of drug-likeness (QED) is 0.832. The molecule has 3 aliphatic heterocycles. The molecule has 23 heavy (non-hydrogen) atoms. The van der Waals surface area contributed by atoms with Crippen LogP contribution in [0.1, 0.15) is 38.5 Å². The van der Waals surface area contributed by atoms with E-state index in [0.717, 1.165) is 51.5 Å². The molecule has 4 aliphatic rings. The minimum atomic E-state index is -0.217. The maximum absolute atomic E-state index is 12.4. The SMILES string of the molecule is O=C(NCC1CCOCC1)[C@@H]1C[C@H]2CCN(CC3CC3)C[C@@H]2O1. The van der Waals surface area contributed by atoms with Crippen LogP contribution in [-0.4, -0.2) is 62.4 Å². The van der Waals surface area contributed by atoms with Crippen LogP contribution in [0.15, 0.2) is 0 Å². The molecule has 0 unspecified atom stereocenters. The number of piperidine rings is 1. The molecule has 0 bridgehead atoms. The number of nitrogens with one attached hydrogen (secondary N) is 1. The van der Waals surface area contributed by atoms with Crippen molar-refractivity contribution in [2.75, 3.05) is 39.4 Å². The average Bonchev–Trinajstić information content (AvgIpc) is 3.29. The highest BCUT2D eigenvalue weighted by Gasteiger charge is 2.42. The Bertz CT molecular complexity index is 420. The number of hydrogen-bond acceptors (Lipinski definition) is 4. The molecule has 4 rings (SSSR count). The predicted octanol–water partition coefficient (Wildman–Crippen LogP) is 1.42. The van der Waals surface area contributed by atoms with Crippen molar-refractivity contribution in [3.05, 3.63) is 0 Å². The smallest absolute Gasteiger partial charge is 0.249 e. The van der Waals surface area contributed by atoms with Gasteiger partial charge in [0.2, 0.25) is 5.91 Å². The van der Waals surface area contributed by atoms with Crippen LogP contribution in [0.2, 0.25) is 0 Å².